The molecule has 0 heterocycles. The lowest BCUT2D eigenvalue weighted by molar-refractivity contribution is -0.393. The van der Waals surface area contributed by atoms with Gasteiger partial charge in [0.1, 0.15) is 11.4 Å². The number of aromatic hydroxyl groups is 1. The highest BCUT2D eigenvalue weighted by molar-refractivity contribution is 5.62. The Morgan fingerprint density at radius 2 is 1.57 bits per heavy atom. The van der Waals surface area contributed by atoms with Crippen molar-refractivity contribution in [3.05, 3.63) is 62.7 Å². The van der Waals surface area contributed by atoms with Crippen LogP contribution in [0.2, 0.25) is 0 Å². The predicted octanol–water partition coefficient (Wildman–Crippen LogP) is 3.62. The molecule has 0 spiro atoms. The molecule has 0 aliphatic rings. The van der Waals surface area contributed by atoms with Crippen molar-refractivity contribution < 1.29 is 15.0 Å². The van der Waals surface area contributed by atoms with Gasteiger partial charge < -0.3 is 5.11 Å². The molecule has 0 saturated carbocycles. The van der Waals surface area contributed by atoms with Crippen molar-refractivity contribution in [2.45, 2.75) is 0 Å². The molecule has 2 rings (SSSR count). The van der Waals surface area contributed by atoms with Crippen LogP contribution in [0, 0.1) is 20.2 Å². The number of phenolic OH excluding ortho intramolecular Hbond substituents is 1. The van der Waals surface area contributed by atoms with Gasteiger partial charge in [-0.1, -0.05) is 12.1 Å². The van der Waals surface area contributed by atoms with E-state index in [0.717, 1.165) is 18.2 Å². The van der Waals surface area contributed by atoms with E-state index >= 15 is 0 Å². The van der Waals surface area contributed by atoms with Crippen LogP contribution in [0.3, 0.4) is 0 Å². The van der Waals surface area contributed by atoms with E-state index in [9.17, 15) is 25.3 Å². The van der Waals surface area contributed by atoms with Crippen molar-refractivity contribution in [3.63, 3.8) is 0 Å². The summed E-state index contributed by atoms with van der Waals surface area (Å²) in [7, 11) is 0. The Morgan fingerprint density at radius 3 is 2.19 bits per heavy atom. The molecular formula is C12H8N4O5. The maximum Gasteiger partial charge on any atom is 0.303 e. The Balaban J connectivity index is 2.42. The third-order valence-electron chi connectivity index (χ3n) is 2.51. The second-order valence-electron chi connectivity index (χ2n) is 3.88. The van der Waals surface area contributed by atoms with Gasteiger partial charge in [-0.3, -0.25) is 20.2 Å². The van der Waals surface area contributed by atoms with E-state index in [1.807, 2.05) is 0 Å². The third-order valence-corrected chi connectivity index (χ3v) is 2.51. The monoisotopic (exact) mass is 288 g/mol. The van der Waals surface area contributed by atoms with Crippen molar-refractivity contribution in [3.8, 4) is 5.75 Å². The zero-order valence-electron chi connectivity index (χ0n) is 10.4. The van der Waals surface area contributed by atoms with E-state index in [0.29, 0.717) is 0 Å². The molecule has 0 amide bonds. The van der Waals surface area contributed by atoms with E-state index < -0.39 is 21.2 Å². The van der Waals surface area contributed by atoms with Crippen LogP contribution in [-0.2, 0) is 0 Å². The Morgan fingerprint density at radius 1 is 0.905 bits per heavy atom. The van der Waals surface area contributed by atoms with Crippen molar-refractivity contribution in [1.29, 1.82) is 0 Å². The SMILES string of the molecule is O=[N+]([O-])c1ccc(/N=N/c2ccccc2O)c([N+](=O)[O-])c1. The average molecular weight is 288 g/mol. The second kappa shape index (κ2) is 5.74. The van der Waals surface area contributed by atoms with E-state index in [1.54, 1.807) is 12.1 Å². The van der Waals surface area contributed by atoms with Gasteiger partial charge in [-0.15, -0.1) is 10.2 Å². The summed E-state index contributed by atoms with van der Waals surface area (Å²) in [6.07, 6.45) is 0. The lowest BCUT2D eigenvalue weighted by atomic mass is 10.2. The molecule has 21 heavy (non-hydrogen) atoms. The Labute approximate surface area is 117 Å². The van der Waals surface area contributed by atoms with E-state index in [1.165, 1.54) is 12.1 Å². The molecule has 0 saturated heterocycles. The van der Waals surface area contributed by atoms with Crippen molar-refractivity contribution in [2.75, 3.05) is 0 Å². The highest BCUT2D eigenvalue weighted by Gasteiger charge is 2.19. The van der Waals surface area contributed by atoms with Gasteiger partial charge in [-0.2, -0.15) is 0 Å². The summed E-state index contributed by atoms with van der Waals surface area (Å²) in [5.41, 5.74) is -0.967. The van der Waals surface area contributed by atoms with Gasteiger partial charge in [0, 0.05) is 6.07 Å². The molecule has 0 bridgehead atoms. The zero-order valence-corrected chi connectivity index (χ0v) is 10.4. The number of benzene rings is 2. The number of phenols is 1. The molecule has 0 unspecified atom stereocenters. The minimum absolute atomic E-state index is 0.130. The summed E-state index contributed by atoms with van der Waals surface area (Å²) in [5.74, 6) is -0.134. The van der Waals surface area contributed by atoms with E-state index in [-0.39, 0.29) is 17.1 Å². The Kier molecular flexibility index (Phi) is 3.84. The highest BCUT2D eigenvalue weighted by Crippen LogP contribution is 2.33. The molecular weight excluding hydrogens is 280 g/mol. The fourth-order valence-corrected chi connectivity index (χ4v) is 1.51. The number of azo groups is 1. The summed E-state index contributed by atoms with van der Waals surface area (Å²) in [5, 5.41) is 38.4. The first-order valence-electron chi connectivity index (χ1n) is 5.61. The minimum atomic E-state index is -0.786. The van der Waals surface area contributed by atoms with Gasteiger partial charge in [0.2, 0.25) is 0 Å². The molecule has 0 aliphatic carbocycles. The molecule has 9 nitrogen and oxygen atoms in total. The van der Waals surface area contributed by atoms with Crippen LogP contribution in [0.4, 0.5) is 22.7 Å². The van der Waals surface area contributed by atoms with Crippen LogP contribution in [-0.4, -0.2) is 15.0 Å². The molecule has 0 fully saturated rings. The Hall–Kier alpha value is -3.36. The van der Waals surface area contributed by atoms with Gasteiger partial charge in [-0.25, -0.2) is 0 Å². The minimum Gasteiger partial charge on any atom is -0.506 e. The summed E-state index contributed by atoms with van der Waals surface area (Å²) in [6.45, 7) is 0. The number of nitrogens with zero attached hydrogens (tertiary/aromatic N) is 4. The predicted molar refractivity (Wildman–Crippen MR) is 72.0 cm³/mol. The van der Waals surface area contributed by atoms with Crippen LogP contribution >= 0.6 is 0 Å². The summed E-state index contributed by atoms with van der Waals surface area (Å²) < 4.78 is 0. The smallest absolute Gasteiger partial charge is 0.303 e. The number of hydrogen-bond acceptors (Lipinski definition) is 7. The summed E-state index contributed by atoms with van der Waals surface area (Å²) in [6, 6.07) is 9.07. The first-order valence-corrected chi connectivity index (χ1v) is 5.61. The van der Waals surface area contributed by atoms with Crippen molar-refractivity contribution >= 4 is 22.7 Å². The molecule has 2 aromatic carbocycles. The first-order chi connectivity index (χ1) is 9.99. The molecule has 2 aromatic rings. The average Bonchev–Trinajstić information content (AvgIpc) is 2.46. The van der Waals surface area contributed by atoms with Crippen molar-refractivity contribution in [1.82, 2.24) is 0 Å². The summed E-state index contributed by atoms with van der Waals surface area (Å²) >= 11 is 0. The largest absolute Gasteiger partial charge is 0.506 e. The lowest BCUT2D eigenvalue weighted by Crippen LogP contribution is -1.92. The van der Waals surface area contributed by atoms with Gasteiger partial charge in [-0.05, 0) is 18.2 Å². The number of nitro benzene ring substituents is 2. The topological polar surface area (TPSA) is 131 Å². The number of non-ortho nitro benzene ring substituents is 1. The van der Waals surface area contributed by atoms with Crippen LogP contribution in [0.15, 0.2) is 52.7 Å². The molecule has 106 valence electrons. The van der Waals surface area contributed by atoms with Gasteiger partial charge in [0.05, 0.1) is 15.9 Å². The van der Waals surface area contributed by atoms with Gasteiger partial charge in [0.25, 0.3) is 5.69 Å². The van der Waals surface area contributed by atoms with Crippen LogP contribution < -0.4 is 0 Å². The van der Waals surface area contributed by atoms with Crippen LogP contribution in [0.25, 0.3) is 0 Å². The van der Waals surface area contributed by atoms with Crippen LogP contribution in [0.5, 0.6) is 5.75 Å². The maximum absolute atomic E-state index is 10.9. The van der Waals surface area contributed by atoms with Crippen LogP contribution in [0.1, 0.15) is 0 Å². The fourth-order valence-electron chi connectivity index (χ4n) is 1.51. The zero-order chi connectivity index (χ0) is 15.4. The third kappa shape index (κ3) is 3.15. The quantitative estimate of drug-likeness (QED) is 0.521. The molecule has 9 heteroatoms. The maximum atomic E-state index is 10.9. The molecule has 0 aliphatic heterocycles. The normalized spacial score (nSPS) is 10.7. The standard InChI is InChI=1S/C12H8N4O5/c17-12-4-2-1-3-10(12)14-13-9-6-5-8(15(18)19)7-11(9)16(20)21/h1-7,17H/b14-13+. The highest BCUT2D eigenvalue weighted by atomic mass is 16.6. The number of hydrogen-bond donors (Lipinski definition) is 1. The fraction of sp³-hybridized carbons (Fsp3) is 0. The number of nitro groups is 2. The Bertz CT molecular complexity index is 744. The summed E-state index contributed by atoms with van der Waals surface area (Å²) in [4.78, 5) is 20.0. The van der Waals surface area contributed by atoms with Gasteiger partial charge >= 0.3 is 5.69 Å². The number of rotatable bonds is 4. The molecule has 1 N–H and O–H groups in total. The van der Waals surface area contributed by atoms with E-state index in [2.05, 4.69) is 10.2 Å². The van der Waals surface area contributed by atoms with Crippen molar-refractivity contribution in [2.24, 2.45) is 10.2 Å². The molecule has 0 atom stereocenters. The number of para-hydroxylation sites is 1. The second-order valence-corrected chi connectivity index (χ2v) is 3.88. The molecule has 0 aromatic heterocycles. The van der Waals surface area contributed by atoms with E-state index in [4.69, 9.17) is 0 Å². The first kappa shape index (κ1) is 14.1. The lowest BCUT2D eigenvalue weighted by Gasteiger charge is -1.98. The van der Waals surface area contributed by atoms with Gasteiger partial charge in [0.15, 0.2) is 5.69 Å². The molecule has 0 radical (unpaired) electrons.